The van der Waals surface area contributed by atoms with Crippen molar-refractivity contribution >= 4 is 6.08 Å². The van der Waals surface area contributed by atoms with Crippen LogP contribution in [0.5, 0.6) is 0 Å². The van der Waals surface area contributed by atoms with Crippen molar-refractivity contribution in [1.29, 1.82) is 0 Å². The Kier molecular flexibility index (Phi) is 4.01. The van der Waals surface area contributed by atoms with Crippen LogP contribution in [0.4, 0.5) is 0 Å². The van der Waals surface area contributed by atoms with Gasteiger partial charge in [0.05, 0.1) is 0 Å². The van der Waals surface area contributed by atoms with Crippen LogP contribution in [0.2, 0.25) is 36.4 Å². The summed E-state index contributed by atoms with van der Waals surface area (Å²) in [5.41, 5.74) is 6.70. The molecule has 3 aliphatic carbocycles. The molecule has 1 heteroatoms. The number of hydrogen-bond donors (Lipinski definition) is 0. The van der Waals surface area contributed by atoms with Gasteiger partial charge in [0.15, 0.2) is 0 Å². The van der Waals surface area contributed by atoms with Crippen molar-refractivity contribution in [2.24, 2.45) is 5.41 Å². The van der Waals surface area contributed by atoms with Crippen LogP contribution in [0.15, 0.2) is 42.5 Å². The SMILES string of the molecule is CCCCCCC[C]1([Hf]([CH3])([CH3])([CH3])([CH3])([CH3])([CH3])([CH3])[CH]2C=CC=C2)C=Cc2cc3c(cc21)CC(C)(C)C3. The Labute approximate surface area is 199 Å². The molecule has 1 unspecified atom stereocenters. The van der Waals surface area contributed by atoms with Crippen LogP contribution in [0.3, 0.4) is 0 Å². The molecule has 0 bridgehead atoms. The molecule has 0 amide bonds. The van der Waals surface area contributed by atoms with Gasteiger partial charge >= 0.3 is 201 Å². The van der Waals surface area contributed by atoms with Crippen molar-refractivity contribution in [2.45, 2.75) is 112 Å². The van der Waals surface area contributed by atoms with Crippen molar-refractivity contribution in [1.82, 2.24) is 0 Å². The van der Waals surface area contributed by atoms with Gasteiger partial charge < -0.3 is 0 Å². The van der Waals surface area contributed by atoms with Gasteiger partial charge in [0.2, 0.25) is 0 Å². The number of fused-ring (bicyclic) bond motifs is 2. The van der Waals surface area contributed by atoms with E-state index in [1.165, 1.54) is 56.9 Å². The Balaban J connectivity index is 2.03. The summed E-state index contributed by atoms with van der Waals surface area (Å²) in [7, 11) is 0. The number of rotatable bonds is 8. The van der Waals surface area contributed by atoms with E-state index >= 15 is 0 Å². The van der Waals surface area contributed by atoms with Crippen LogP contribution in [-0.2, 0) is 28.6 Å². The predicted octanol–water partition coefficient (Wildman–Crippen LogP) is 11.5. The summed E-state index contributed by atoms with van der Waals surface area (Å²) in [6.07, 6.45) is 25.2. The fourth-order valence-electron chi connectivity index (χ4n) is 8.97. The van der Waals surface area contributed by atoms with Crippen LogP contribution < -0.4 is 0 Å². The van der Waals surface area contributed by atoms with Crippen molar-refractivity contribution in [3.05, 3.63) is 64.8 Å². The van der Waals surface area contributed by atoms with E-state index in [9.17, 15) is 0 Å². The maximum absolute atomic E-state index is 5.67. The summed E-state index contributed by atoms with van der Waals surface area (Å²) in [5, 5.41) is 0. The second-order valence-electron chi connectivity index (χ2n) is 23.9. The molecule has 4 rings (SSSR count). The predicted molar refractivity (Wildman–Crippen MR) is 155 cm³/mol. The summed E-state index contributed by atoms with van der Waals surface area (Å²) >= 11 is -5.67. The van der Waals surface area contributed by atoms with Crippen LogP contribution >= 0.6 is 0 Å². The van der Waals surface area contributed by atoms with Gasteiger partial charge in [-0.3, -0.25) is 0 Å². The first-order valence-corrected chi connectivity index (χ1v) is 43.5. The van der Waals surface area contributed by atoms with E-state index in [0.29, 0.717) is 9.09 Å². The van der Waals surface area contributed by atoms with Crippen molar-refractivity contribution in [2.75, 3.05) is 0 Å². The molecule has 0 N–H and O–H groups in total. The number of unbranched alkanes of at least 4 members (excludes halogenated alkanes) is 4. The van der Waals surface area contributed by atoms with E-state index in [4.69, 9.17) is 0 Å². The van der Waals surface area contributed by atoms with Gasteiger partial charge in [0, 0.05) is 0 Å². The minimum absolute atomic E-state index is 0.00540. The van der Waals surface area contributed by atoms with E-state index in [-0.39, 0.29) is 3.17 Å². The number of allylic oxidation sites excluding steroid dienone is 5. The Morgan fingerprint density at radius 2 is 1.35 bits per heavy atom. The Morgan fingerprint density at radius 3 is 1.94 bits per heavy atom. The third-order valence-electron chi connectivity index (χ3n) is 12.0. The summed E-state index contributed by atoms with van der Waals surface area (Å²) in [4.78, 5) is 0. The second kappa shape index (κ2) is 5.17. The number of benzene rings is 1. The van der Waals surface area contributed by atoms with Gasteiger partial charge in [0.1, 0.15) is 0 Å². The number of hydrogen-bond acceptors (Lipinski definition) is 0. The Morgan fingerprint density at radius 1 is 0.794 bits per heavy atom. The van der Waals surface area contributed by atoms with Gasteiger partial charge in [-0.05, 0) is 0 Å². The molecule has 0 fully saturated rings. The standard InChI is InChI=1S/C21H29.C5H5.7CH3.Hf/c1-4-5-6-7-8-9-16-10-11-17-12-18-14-21(2,3)15-19(18)13-20(16)17;1-2-4-5-3-1;;;;;;;;/h10-13H,4-9,14-15H2,1-3H3;1-5H;7*1H3;. The first-order chi connectivity index (χ1) is 14.9. The summed E-state index contributed by atoms with van der Waals surface area (Å²) in [6.45, 7) is 7.20. The fourth-order valence-corrected chi connectivity index (χ4v) is 42.7. The summed E-state index contributed by atoms with van der Waals surface area (Å²) in [5.74, 6) is 0. The van der Waals surface area contributed by atoms with E-state index in [2.05, 4.69) is 102 Å². The molecule has 0 spiro atoms. The van der Waals surface area contributed by atoms with Crippen LogP contribution in [0.1, 0.15) is 81.5 Å². The molecule has 0 aliphatic heterocycles. The topological polar surface area (TPSA) is 0 Å². The summed E-state index contributed by atoms with van der Waals surface area (Å²) in [6, 6.07) is 5.27. The zero-order valence-electron chi connectivity index (χ0n) is 24.4. The average Bonchev–Trinajstić information content (AvgIpc) is 3.35. The molecule has 0 saturated heterocycles. The van der Waals surface area contributed by atoms with Crippen LogP contribution in [0, 0.1) is 5.41 Å². The molecule has 0 radical (unpaired) electrons. The zero-order valence-corrected chi connectivity index (χ0v) is 27.9. The molecule has 3 aliphatic rings. The monoisotopic (exact) mass is 631 g/mol. The van der Waals surface area contributed by atoms with Gasteiger partial charge in [-0.1, -0.05) is 0 Å². The van der Waals surface area contributed by atoms with Crippen LogP contribution in [0.25, 0.3) is 6.08 Å². The normalized spacial score (nSPS) is 29.4. The van der Waals surface area contributed by atoms with Crippen LogP contribution in [-0.4, -0.2) is 0 Å². The second-order valence-corrected chi connectivity index (χ2v) is 133. The molecule has 1 aromatic carbocycles. The molecule has 0 nitrogen and oxygen atoms in total. The molecule has 1 aromatic rings. The van der Waals surface area contributed by atoms with Gasteiger partial charge in [0.25, 0.3) is 0 Å². The third kappa shape index (κ3) is 3.38. The first-order valence-electron chi connectivity index (χ1n) is 14.5. The quantitative estimate of drug-likeness (QED) is 0.198. The molecule has 34 heavy (non-hydrogen) atoms. The Bertz CT molecular complexity index is 1180. The van der Waals surface area contributed by atoms with Gasteiger partial charge in [-0.2, -0.15) is 0 Å². The van der Waals surface area contributed by atoms with E-state index in [0.717, 1.165) is 0 Å². The van der Waals surface area contributed by atoms with E-state index in [1.807, 2.05) is 0 Å². The zero-order chi connectivity index (χ0) is 25.5. The van der Waals surface area contributed by atoms with Crippen molar-refractivity contribution < 1.29 is 12.6 Å². The minimum atomic E-state index is -5.67. The van der Waals surface area contributed by atoms with E-state index < -0.39 is 12.6 Å². The third-order valence-corrected chi connectivity index (χ3v) is 58.1. The van der Waals surface area contributed by atoms with E-state index in [1.54, 1.807) is 16.7 Å². The molecular formula is C33H55Hf. The van der Waals surface area contributed by atoms with Crippen molar-refractivity contribution in [3.8, 4) is 0 Å². The molecule has 0 aromatic heterocycles. The molecule has 1 atom stereocenters. The van der Waals surface area contributed by atoms with Crippen molar-refractivity contribution in [3.63, 3.8) is 0 Å². The Hall–Kier alpha value is -0.690. The molecular weight excluding hydrogens is 575 g/mol. The molecule has 191 valence electrons. The maximum atomic E-state index is 2.79. The van der Waals surface area contributed by atoms with Gasteiger partial charge in [-0.25, -0.2) is 0 Å². The van der Waals surface area contributed by atoms with Gasteiger partial charge in [-0.15, -0.1) is 0 Å². The summed E-state index contributed by atoms with van der Waals surface area (Å²) < 4.78 is 19.9. The molecule has 0 heterocycles. The fraction of sp³-hybridized carbons (Fsp3) is 0.636. The average molecular weight is 630 g/mol. The first kappa shape index (κ1) is 26.4. The molecule has 0 saturated carbocycles.